The Balaban J connectivity index is 1.67. The van der Waals surface area contributed by atoms with Crippen LogP contribution in [0.4, 0.5) is 5.69 Å². The SMILES string of the molecule is OCC1CC[C@H](n2ncc3c(NC4CCCC4)cc(Cl)nc32)O1. The molecular formula is C16H21ClN4O2. The van der Waals surface area contributed by atoms with Gasteiger partial charge in [0.1, 0.15) is 5.15 Å². The van der Waals surface area contributed by atoms with Gasteiger partial charge in [-0.15, -0.1) is 0 Å². The molecule has 23 heavy (non-hydrogen) atoms. The number of ether oxygens (including phenoxy) is 1. The number of hydrogen-bond acceptors (Lipinski definition) is 5. The second kappa shape index (κ2) is 6.26. The van der Waals surface area contributed by atoms with Gasteiger partial charge in [-0.1, -0.05) is 24.4 Å². The lowest BCUT2D eigenvalue weighted by molar-refractivity contribution is -0.0262. The number of rotatable bonds is 4. The van der Waals surface area contributed by atoms with Crippen molar-refractivity contribution in [3.8, 4) is 0 Å². The fraction of sp³-hybridized carbons (Fsp3) is 0.625. The molecular weight excluding hydrogens is 316 g/mol. The lowest BCUT2D eigenvalue weighted by atomic mass is 10.2. The average molecular weight is 337 g/mol. The Morgan fingerprint density at radius 2 is 2.13 bits per heavy atom. The molecule has 2 aromatic heterocycles. The van der Waals surface area contributed by atoms with Gasteiger partial charge in [0.15, 0.2) is 11.9 Å². The summed E-state index contributed by atoms with van der Waals surface area (Å²) < 4.78 is 7.61. The molecule has 1 unspecified atom stereocenters. The van der Waals surface area contributed by atoms with E-state index in [2.05, 4.69) is 15.4 Å². The van der Waals surface area contributed by atoms with Crippen molar-refractivity contribution in [1.82, 2.24) is 14.8 Å². The largest absolute Gasteiger partial charge is 0.394 e. The second-order valence-corrected chi connectivity index (χ2v) is 6.80. The van der Waals surface area contributed by atoms with Gasteiger partial charge in [-0.3, -0.25) is 0 Å². The predicted molar refractivity (Wildman–Crippen MR) is 88.6 cm³/mol. The van der Waals surface area contributed by atoms with Crippen LogP contribution < -0.4 is 5.32 Å². The number of aliphatic hydroxyl groups is 1. The number of nitrogens with zero attached hydrogens (tertiary/aromatic N) is 3. The highest BCUT2D eigenvalue weighted by atomic mass is 35.5. The van der Waals surface area contributed by atoms with E-state index in [9.17, 15) is 5.11 Å². The van der Waals surface area contributed by atoms with Gasteiger partial charge in [-0.2, -0.15) is 5.10 Å². The van der Waals surface area contributed by atoms with E-state index in [0.29, 0.717) is 11.2 Å². The standard InChI is InChI=1S/C16H21ClN4O2/c17-14-7-13(19-10-3-1-2-4-10)12-8-18-21(16(12)20-14)15-6-5-11(9-22)23-15/h7-8,10-11,15,22H,1-6,9H2,(H,19,20)/t11?,15-/m1/s1. The van der Waals surface area contributed by atoms with Crippen molar-refractivity contribution in [3.05, 3.63) is 17.4 Å². The first-order valence-electron chi connectivity index (χ1n) is 8.31. The highest BCUT2D eigenvalue weighted by Crippen LogP contribution is 2.34. The summed E-state index contributed by atoms with van der Waals surface area (Å²) in [4.78, 5) is 4.45. The third-order valence-corrected chi connectivity index (χ3v) is 5.01. The van der Waals surface area contributed by atoms with Gasteiger partial charge in [0, 0.05) is 6.04 Å². The van der Waals surface area contributed by atoms with Gasteiger partial charge in [-0.05, 0) is 31.7 Å². The Bertz CT molecular complexity index is 699. The molecule has 2 aliphatic rings. The molecule has 0 amide bonds. The molecule has 1 aliphatic heterocycles. The molecule has 0 radical (unpaired) electrons. The van der Waals surface area contributed by atoms with Crippen molar-refractivity contribution in [3.63, 3.8) is 0 Å². The fourth-order valence-electron chi connectivity index (χ4n) is 3.61. The molecule has 2 atom stereocenters. The number of nitrogens with one attached hydrogen (secondary N) is 1. The monoisotopic (exact) mass is 336 g/mol. The Hall–Kier alpha value is -1.37. The zero-order chi connectivity index (χ0) is 15.8. The van der Waals surface area contributed by atoms with E-state index in [-0.39, 0.29) is 18.9 Å². The summed E-state index contributed by atoms with van der Waals surface area (Å²) in [6, 6.07) is 2.38. The number of aromatic nitrogens is 3. The molecule has 0 aromatic carbocycles. The van der Waals surface area contributed by atoms with Crippen LogP contribution in [0.1, 0.15) is 44.8 Å². The van der Waals surface area contributed by atoms with E-state index in [1.165, 1.54) is 25.7 Å². The molecule has 1 saturated heterocycles. The van der Waals surface area contributed by atoms with Gasteiger partial charge >= 0.3 is 0 Å². The Morgan fingerprint density at radius 3 is 2.87 bits per heavy atom. The number of anilines is 1. The summed E-state index contributed by atoms with van der Waals surface area (Å²) in [7, 11) is 0. The van der Waals surface area contributed by atoms with E-state index in [1.54, 1.807) is 4.68 Å². The molecule has 0 spiro atoms. The lowest BCUT2D eigenvalue weighted by Gasteiger charge is -2.16. The van der Waals surface area contributed by atoms with Crippen molar-refractivity contribution in [2.45, 2.75) is 56.9 Å². The summed E-state index contributed by atoms with van der Waals surface area (Å²) in [5, 5.41) is 18.7. The summed E-state index contributed by atoms with van der Waals surface area (Å²) in [6.07, 6.45) is 8.11. The molecule has 2 N–H and O–H groups in total. The third kappa shape index (κ3) is 2.91. The van der Waals surface area contributed by atoms with Crippen LogP contribution in [0.3, 0.4) is 0 Å². The molecule has 1 aliphatic carbocycles. The van der Waals surface area contributed by atoms with Crippen molar-refractivity contribution in [1.29, 1.82) is 0 Å². The van der Waals surface area contributed by atoms with Crippen molar-refractivity contribution < 1.29 is 9.84 Å². The van der Waals surface area contributed by atoms with Gasteiger partial charge in [0.25, 0.3) is 0 Å². The number of pyridine rings is 1. The molecule has 3 heterocycles. The zero-order valence-corrected chi connectivity index (χ0v) is 13.7. The normalized spacial score (nSPS) is 25.5. The molecule has 1 saturated carbocycles. The van der Waals surface area contributed by atoms with Crippen LogP contribution in [0.15, 0.2) is 12.3 Å². The second-order valence-electron chi connectivity index (χ2n) is 6.42. The first kappa shape index (κ1) is 15.2. The molecule has 4 rings (SSSR count). The molecule has 6 nitrogen and oxygen atoms in total. The van der Waals surface area contributed by atoms with Gasteiger partial charge in [0.05, 0.1) is 30.0 Å². The fourth-order valence-corrected chi connectivity index (χ4v) is 3.80. The summed E-state index contributed by atoms with van der Waals surface area (Å²) >= 11 is 6.23. The minimum absolute atomic E-state index is 0.0401. The summed E-state index contributed by atoms with van der Waals surface area (Å²) in [5.41, 5.74) is 1.73. The number of halogens is 1. The van der Waals surface area contributed by atoms with E-state index in [1.807, 2.05) is 12.3 Å². The predicted octanol–water partition coefficient (Wildman–Crippen LogP) is 3.11. The van der Waals surface area contributed by atoms with Crippen LogP contribution in [0.25, 0.3) is 11.0 Å². The summed E-state index contributed by atoms with van der Waals surface area (Å²) in [5.74, 6) is 0. The highest BCUT2D eigenvalue weighted by Gasteiger charge is 2.28. The van der Waals surface area contributed by atoms with Crippen LogP contribution in [0, 0.1) is 0 Å². The minimum atomic E-state index is -0.185. The summed E-state index contributed by atoms with van der Waals surface area (Å²) in [6.45, 7) is 0.0401. The topological polar surface area (TPSA) is 72.2 Å². The molecule has 124 valence electrons. The Labute approximate surface area is 139 Å². The number of aliphatic hydroxyl groups excluding tert-OH is 1. The lowest BCUT2D eigenvalue weighted by Crippen LogP contribution is -2.16. The Morgan fingerprint density at radius 1 is 1.30 bits per heavy atom. The van der Waals surface area contributed by atoms with Gasteiger partial charge in [0.2, 0.25) is 0 Å². The minimum Gasteiger partial charge on any atom is -0.394 e. The van der Waals surface area contributed by atoms with Crippen LogP contribution >= 0.6 is 11.6 Å². The van der Waals surface area contributed by atoms with Crippen LogP contribution in [0.2, 0.25) is 5.15 Å². The van der Waals surface area contributed by atoms with Crippen molar-refractivity contribution in [2.24, 2.45) is 0 Å². The quantitative estimate of drug-likeness (QED) is 0.839. The van der Waals surface area contributed by atoms with Gasteiger partial charge < -0.3 is 15.2 Å². The maximum atomic E-state index is 9.24. The maximum absolute atomic E-state index is 9.24. The first-order valence-corrected chi connectivity index (χ1v) is 8.69. The van der Waals surface area contributed by atoms with Crippen molar-refractivity contribution >= 4 is 28.3 Å². The van der Waals surface area contributed by atoms with E-state index < -0.39 is 0 Å². The van der Waals surface area contributed by atoms with E-state index in [0.717, 1.165) is 29.6 Å². The number of fused-ring (bicyclic) bond motifs is 1. The molecule has 0 bridgehead atoms. The van der Waals surface area contributed by atoms with Crippen LogP contribution in [0.5, 0.6) is 0 Å². The molecule has 2 aromatic rings. The molecule has 2 fully saturated rings. The van der Waals surface area contributed by atoms with Gasteiger partial charge in [-0.25, -0.2) is 9.67 Å². The van der Waals surface area contributed by atoms with Crippen molar-refractivity contribution in [2.75, 3.05) is 11.9 Å². The van der Waals surface area contributed by atoms with E-state index >= 15 is 0 Å². The molecule has 7 heteroatoms. The highest BCUT2D eigenvalue weighted by molar-refractivity contribution is 6.30. The zero-order valence-electron chi connectivity index (χ0n) is 12.9. The number of hydrogen-bond donors (Lipinski definition) is 2. The smallest absolute Gasteiger partial charge is 0.164 e. The third-order valence-electron chi connectivity index (χ3n) is 4.81. The maximum Gasteiger partial charge on any atom is 0.164 e. The van der Waals surface area contributed by atoms with Crippen LogP contribution in [-0.4, -0.2) is 38.6 Å². The average Bonchev–Trinajstić information content (AvgIpc) is 3.26. The Kier molecular flexibility index (Phi) is 4.13. The van der Waals surface area contributed by atoms with E-state index in [4.69, 9.17) is 16.3 Å². The first-order chi connectivity index (χ1) is 11.2. The van der Waals surface area contributed by atoms with Crippen LogP contribution in [-0.2, 0) is 4.74 Å².